The molecule has 0 radical (unpaired) electrons. The topological polar surface area (TPSA) is 95.6 Å². The molecule has 1 aliphatic heterocycles. The molecule has 0 saturated carbocycles. The number of carbonyl (C=O) groups excluding carboxylic acids is 4. The number of carbonyl (C=O) groups is 4. The SMILES string of the molecule is CCCCCC(=O)Nc1ccc(C(=O)CN2C(=O)N[C@@](C)(c3ccc(C)cc3)C2=O)cc1. The highest BCUT2D eigenvalue weighted by Gasteiger charge is 2.49. The zero-order chi connectivity index (χ0) is 23.3. The standard InChI is InChI=1S/C25H29N3O4/c1-4-5-6-7-22(30)26-20-14-10-18(11-15-20)21(29)16-28-23(31)25(3,27-24(28)32)19-12-8-17(2)9-13-19/h8-15H,4-7,16H2,1-3H3,(H,26,30)(H,27,32)/t25-/m0/s1. The van der Waals surface area contributed by atoms with Gasteiger partial charge in [0.1, 0.15) is 5.54 Å². The highest BCUT2D eigenvalue weighted by molar-refractivity contribution is 6.11. The van der Waals surface area contributed by atoms with Gasteiger partial charge in [-0.3, -0.25) is 19.3 Å². The summed E-state index contributed by atoms with van der Waals surface area (Å²) in [6.45, 7) is 5.31. The lowest BCUT2D eigenvalue weighted by Gasteiger charge is -2.22. The van der Waals surface area contributed by atoms with E-state index < -0.39 is 17.5 Å². The van der Waals surface area contributed by atoms with Gasteiger partial charge < -0.3 is 10.6 Å². The maximum Gasteiger partial charge on any atom is 0.325 e. The molecule has 7 heteroatoms. The molecule has 2 aromatic rings. The molecule has 168 valence electrons. The van der Waals surface area contributed by atoms with Gasteiger partial charge >= 0.3 is 6.03 Å². The van der Waals surface area contributed by atoms with Crippen LogP contribution in [0.4, 0.5) is 10.5 Å². The summed E-state index contributed by atoms with van der Waals surface area (Å²) >= 11 is 0. The summed E-state index contributed by atoms with van der Waals surface area (Å²) < 4.78 is 0. The van der Waals surface area contributed by atoms with Crippen molar-refractivity contribution < 1.29 is 19.2 Å². The zero-order valence-corrected chi connectivity index (χ0v) is 18.7. The Kier molecular flexibility index (Phi) is 7.08. The van der Waals surface area contributed by atoms with Crippen molar-refractivity contribution in [1.29, 1.82) is 0 Å². The quantitative estimate of drug-likeness (QED) is 0.351. The molecule has 0 aromatic heterocycles. The van der Waals surface area contributed by atoms with Crippen LogP contribution >= 0.6 is 0 Å². The summed E-state index contributed by atoms with van der Waals surface area (Å²) in [5.74, 6) is -0.884. The third-order valence-electron chi connectivity index (χ3n) is 5.70. The first-order valence-electron chi connectivity index (χ1n) is 10.9. The van der Waals surface area contributed by atoms with Crippen molar-refractivity contribution >= 4 is 29.3 Å². The number of unbranched alkanes of at least 4 members (excludes halogenated alkanes) is 2. The number of amides is 4. The first-order chi connectivity index (χ1) is 15.2. The number of urea groups is 1. The van der Waals surface area contributed by atoms with Crippen LogP contribution in [-0.4, -0.2) is 35.1 Å². The zero-order valence-electron chi connectivity index (χ0n) is 18.7. The molecule has 7 nitrogen and oxygen atoms in total. The summed E-state index contributed by atoms with van der Waals surface area (Å²) in [5.41, 5.74) is 1.46. The molecule has 0 aliphatic carbocycles. The van der Waals surface area contributed by atoms with Crippen molar-refractivity contribution in [3.63, 3.8) is 0 Å². The lowest BCUT2D eigenvalue weighted by Crippen LogP contribution is -2.41. The third-order valence-corrected chi connectivity index (χ3v) is 5.70. The highest BCUT2D eigenvalue weighted by Crippen LogP contribution is 2.29. The monoisotopic (exact) mass is 435 g/mol. The average Bonchev–Trinajstić information content (AvgIpc) is 2.98. The van der Waals surface area contributed by atoms with E-state index in [1.54, 1.807) is 43.3 Å². The Hall–Kier alpha value is -3.48. The summed E-state index contributed by atoms with van der Waals surface area (Å²) in [6, 6.07) is 13.2. The minimum atomic E-state index is -1.21. The molecule has 0 spiro atoms. The predicted octanol–water partition coefficient (Wildman–Crippen LogP) is 4.16. The number of benzene rings is 2. The summed E-state index contributed by atoms with van der Waals surface area (Å²) in [7, 11) is 0. The Morgan fingerprint density at radius 3 is 2.28 bits per heavy atom. The molecule has 1 saturated heterocycles. The molecule has 2 aromatic carbocycles. The van der Waals surface area contributed by atoms with E-state index in [1.807, 2.05) is 19.1 Å². The largest absolute Gasteiger partial charge is 0.326 e. The second-order valence-corrected chi connectivity index (χ2v) is 8.32. The molecule has 0 bridgehead atoms. The second kappa shape index (κ2) is 9.77. The average molecular weight is 436 g/mol. The molecule has 0 unspecified atom stereocenters. The van der Waals surface area contributed by atoms with Gasteiger partial charge in [-0.1, -0.05) is 49.6 Å². The molecule has 32 heavy (non-hydrogen) atoms. The molecule has 1 aliphatic rings. The smallest absolute Gasteiger partial charge is 0.325 e. The molecule has 4 amide bonds. The molecule has 1 heterocycles. The Morgan fingerprint density at radius 1 is 1.00 bits per heavy atom. The molecular weight excluding hydrogens is 406 g/mol. The van der Waals surface area contributed by atoms with Crippen LogP contribution in [0, 0.1) is 6.92 Å². The fourth-order valence-electron chi connectivity index (χ4n) is 3.66. The lowest BCUT2D eigenvalue weighted by atomic mass is 9.91. The first-order valence-corrected chi connectivity index (χ1v) is 10.9. The van der Waals surface area contributed by atoms with Gasteiger partial charge in [-0.25, -0.2) is 4.79 Å². The third kappa shape index (κ3) is 5.04. The van der Waals surface area contributed by atoms with Gasteiger partial charge in [0.2, 0.25) is 5.91 Å². The van der Waals surface area contributed by atoms with E-state index in [0.717, 1.165) is 29.7 Å². The minimum absolute atomic E-state index is 0.0627. The normalized spacial score (nSPS) is 17.9. The van der Waals surface area contributed by atoms with Crippen molar-refractivity contribution in [2.45, 2.75) is 52.0 Å². The maximum absolute atomic E-state index is 13.0. The van der Waals surface area contributed by atoms with E-state index in [0.29, 0.717) is 23.2 Å². The van der Waals surface area contributed by atoms with Gasteiger partial charge in [0, 0.05) is 17.7 Å². The van der Waals surface area contributed by atoms with Crippen molar-refractivity contribution in [2.24, 2.45) is 0 Å². The van der Waals surface area contributed by atoms with E-state index in [4.69, 9.17) is 0 Å². The summed E-state index contributed by atoms with van der Waals surface area (Å²) in [6.07, 6.45) is 3.35. The van der Waals surface area contributed by atoms with Crippen LogP contribution in [0.15, 0.2) is 48.5 Å². The predicted molar refractivity (Wildman–Crippen MR) is 122 cm³/mol. The number of imide groups is 1. The van der Waals surface area contributed by atoms with Gasteiger partial charge in [0.15, 0.2) is 5.78 Å². The van der Waals surface area contributed by atoms with Gasteiger partial charge in [0.05, 0.1) is 6.54 Å². The second-order valence-electron chi connectivity index (χ2n) is 8.32. The Balaban J connectivity index is 1.64. The lowest BCUT2D eigenvalue weighted by molar-refractivity contribution is -0.130. The van der Waals surface area contributed by atoms with Gasteiger partial charge in [-0.05, 0) is 50.1 Å². The van der Waals surface area contributed by atoms with Crippen LogP contribution in [0.5, 0.6) is 0 Å². The van der Waals surface area contributed by atoms with Crippen LogP contribution in [0.1, 0.15) is 61.0 Å². The van der Waals surface area contributed by atoms with E-state index in [2.05, 4.69) is 17.6 Å². The van der Waals surface area contributed by atoms with Crippen molar-refractivity contribution in [3.05, 3.63) is 65.2 Å². The molecule has 2 N–H and O–H groups in total. The number of ketones is 1. The first kappa shape index (κ1) is 23.2. The van der Waals surface area contributed by atoms with Gasteiger partial charge in [-0.2, -0.15) is 0 Å². The minimum Gasteiger partial charge on any atom is -0.326 e. The van der Waals surface area contributed by atoms with Crippen LogP contribution in [0.2, 0.25) is 0 Å². The number of nitrogens with zero attached hydrogens (tertiary/aromatic N) is 1. The van der Waals surface area contributed by atoms with Crippen molar-refractivity contribution in [1.82, 2.24) is 10.2 Å². The fourth-order valence-corrected chi connectivity index (χ4v) is 3.66. The summed E-state index contributed by atoms with van der Waals surface area (Å²) in [4.78, 5) is 51.1. The molecule has 1 atom stereocenters. The molecule has 1 fully saturated rings. The Morgan fingerprint density at radius 2 is 1.66 bits per heavy atom. The van der Waals surface area contributed by atoms with Crippen LogP contribution in [0.25, 0.3) is 0 Å². The number of hydrogen-bond donors (Lipinski definition) is 2. The number of aryl methyl sites for hydroxylation is 1. The molecular formula is C25H29N3O4. The van der Waals surface area contributed by atoms with Crippen molar-refractivity contribution in [3.8, 4) is 0 Å². The number of anilines is 1. The Labute approximate surface area is 188 Å². The van der Waals surface area contributed by atoms with Crippen LogP contribution < -0.4 is 10.6 Å². The van der Waals surface area contributed by atoms with Gasteiger partial charge in [0.25, 0.3) is 5.91 Å². The summed E-state index contributed by atoms with van der Waals surface area (Å²) in [5, 5.41) is 5.52. The van der Waals surface area contributed by atoms with Gasteiger partial charge in [-0.15, -0.1) is 0 Å². The van der Waals surface area contributed by atoms with Crippen LogP contribution in [0.3, 0.4) is 0 Å². The number of nitrogens with one attached hydrogen (secondary N) is 2. The van der Waals surface area contributed by atoms with E-state index in [1.165, 1.54) is 0 Å². The van der Waals surface area contributed by atoms with Crippen molar-refractivity contribution in [2.75, 3.05) is 11.9 Å². The van der Waals surface area contributed by atoms with E-state index >= 15 is 0 Å². The van der Waals surface area contributed by atoms with E-state index in [-0.39, 0.29) is 18.2 Å². The highest BCUT2D eigenvalue weighted by atomic mass is 16.2. The number of hydrogen-bond acceptors (Lipinski definition) is 4. The Bertz CT molecular complexity index is 1010. The molecule has 3 rings (SSSR count). The van der Waals surface area contributed by atoms with E-state index in [9.17, 15) is 19.2 Å². The fraction of sp³-hybridized carbons (Fsp3) is 0.360. The van der Waals surface area contributed by atoms with Crippen LogP contribution in [-0.2, 0) is 15.1 Å². The number of rotatable bonds is 9. The maximum atomic E-state index is 13.0. The number of Topliss-reactive ketones (excluding diaryl/α,β-unsaturated/α-hetero) is 1.